The second-order valence-corrected chi connectivity index (χ2v) is 4.36. The molecule has 0 aromatic heterocycles. The summed E-state index contributed by atoms with van der Waals surface area (Å²) in [5.41, 5.74) is 4.57. The maximum Gasteiger partial charge on any atom is 0.416 e. The molecule has 0 heterocycles. The Kier molecular flexibility index (Phi) is 4.61. The van der Waals surface area contributed by atoms with Crippen LogP contribution in [-0.2, 0) is 22.1 Å². The quantitative estimate of drug-likeness (QED) is 0.686. The van der Waals surface area contributed by atoms with Gasteiger partial charge in [0.15, 0.2) is 0 Å². The van der Waals surface area contributed by atoms with Crippen LogP contribution in [0.25, 0.3) is 0 Å². The molecule has 0 radical (unpaired) electrons. The molecule has 0 spiro atoms. The number of rotatable bonds is 3. The van der Waals surface area contributed by atoms with Crippen LogP contribution < -0.4 is 5.73 Å². The van der Waals surface area contributed by atoms with E-state index in [1.165, 1.54) is 0 Å². The van der Waals surface area contributed by atoms with Gasteiger partial charge in [0.1, 0.15) is 0 Å². The maximum absolute atomic E-state index is 12.8. The molecule has 0 saturated carbocycles. The second-order valence-electron chi connectivity index (χ2n) is 3.51. The lowest BCUT2D eigenvalue weighted by Gasteiger charge is -2.14. The number of anilines is 1. The van der Waals surface area contributed by atoms with Crippen molar-refractivity contribution in [1.29, 1.82) is 0 Å². The van der Waals surface area contributed by atoms with E-state index in [1.54, 1.807) is 6.92 Å². The first-order valence-corrected chi connectivity index (χ1v) is 5.85. The Morgan fingerprint density at radius 1 is 1.44 bits per heavy atom. The molecular formula is C11H11BrF3NO2. The summed E-state index contributed by atoms with van der Waals surface area (Å²) in [7, 11) is 0. The number of benzene rings is 1. The topological polar surface area (TPSA) is 52.3 Å². The molecular weight excluding hydrogens is 315 g/mol. The van der Waals surface area contributed by atoms with Gasteiger partial charge < -0.3 is 10.5 Å². The highest BCUT2D eigenvalue weighted by molar-refractivity contribution is 9.10. The Morgan fingerprint density at radius 2 is 2.06 bits per heavy atom. The number of carbonyl (C=O) groups excluding carboxylic acids is 1. The lowest BCUT2D eigenvalue weighted by molar-refractivity contribution is -0.143. The van der Waals surface area contributed by atoms with E-state index in [0.29, 0.717) is 0 Å². The van der Waals surface area contributed by atoms with Gasteiger partial charge in [0, 0.05) is 10.2 Å². The molecule has 0 bridgehead atoms. The van der Waals surface area contributed by atoms with Crippen molar-refractivity contribution in [2.45, 2.75) is 19.5 Å². The van der Waals surface area contributed by atoms with Gasteiger partial charge in [-0.25, -0.2) is 0 Å². The summed E-state index contributed by atoms with van der Waals surface area (Å²) in [4.78, 5) is 11.2. The minimum absolute atomic E-state index is 0.117. The fourth-order valence-electron chi connectivity index (χ4n) is 1.41. The lowest BCUT2D eigenvalue weighted by atomic mass is 10.0. The first-order chi connectivity index (χ1) is 8.25. The SMILES string of the molecule is CCOC(=O)Cc1cc(N)c(Br)cc1C(F)(F)F. The number of nitrogen functional groups attached to an aromatic ring is 1. The first-order valence-electron chi connectivity index (χ1n) is 5.06. The highest BCUT2D eigenvalue weighted by atomic mass is 79.9. The average molecular weight is 326 g/mol. The summed E-state index contributed by atoms with van der Waals surface area (Å²) >= 11 is 2.93. The van der Waals surface area contributed by atoms with Gasteiger partial charge >= 0.3 is 12.1 Å². The van der Waals surface area contributed by atoms with Gasteiger partial charge in [-0.1, -0.05) is 0 Å². The highest BCUT2D eigenvalue weighted by Gasteiger charge is 2.34. The molecule has 0 saturated heterocycles. The van der Waals surface area contributed by atoms with E-state index in [2.05, 4.69) is 20.7 Å². The van der Waals surface area contributed by atoms with E-state index in [9.17, 15) is 18.0 Å². The number of nitrogens with two attached hydrogens (primary N) is 1. The van der Waals surface area contributed by atoms with Crippen LogP contribution in [0.15, 0.2) is 16.6 Å². The van der Waals surface area contributed by atoms with E-state index in [0.717, 1.165) is 12.1 Å². The fraction of sp³-hybridized carbons (Fsp3) is 0.364. The molecule has 3 nitrogen and oxygen atoms in total. The molecule has 0 aliphatic carbocycles. The summed E-state index contributed by atoms with van der Waals surface area (Å²) in [6.45, 7) is 1.70. The normalized spacial score (nSPS) is 11.4. The zero-order valence-electron chi connectivity index (χ0n) is 9.47. The van der Waals surface area contributed by atoms with E-state index in [-0.39, 0.29) is 22.3 Å². The van der Waals surface area contributed by atoms with Crippen molar-refractivity contribution in [3.8, 4) is 0 Å². The Morgan fingerprint density at radius 3 is 2.56 bits per heavy atom. The number of alkyl halides is 3. The zero-order valence-corrected chi connectivity index (χ0v) is 11.1. The van der Waals surface area contributed by atoms with Crippen LogP contribution in [0.1, 0.15) is 18.1 Å². The summed E-state index contributed by atoms with van der Waals surface area (Å²) in [6, 6.07) is 1.99. The molecule has 2 N–H and O–H groups in total. The van der Waals surface area contributed by atoms with Crippen molar-refractivity contribution >= 4 is 27.6 Å². The molecule has 0 unspecified atom stereocenters. The van der Waals surface area contributed by atoms with Crippen molar-refractivity contribution in [3.63, 3.8) is 0 Å². The number of halogens is 4. The molecule has 1 aromatic rings. The summed E-state index contributed by atoms with van der Waals surface area (Å²) < 4.78 is 43.1. The van der Waals surface area contributed by atoms with Crippen LogP contribution in [0.5, 0.6) is 0 Å². The van der Waals surface area contributed by atoms with Crippen LogP contribution in [0.4, 0.5) is 18.9 Å². The highest BCUT2D eigenvalue weighted by Crippen LogP contribution is 2.36. The summed E-state index contributed by atoms with van der Waals surface area (Å²) in [6.07, 6.45) is -5.00. The molecule has 0 atom stereocenters. The standard InChI is InChI=1S/C11H11BrF3NO2/c1-2-18-10(17)4-6-3-9(16)8(12)5-7(6)11(13,14)15/h3,5H,2,4,16H2,1H3. The van der Waals surface area contributed by atoms with E-state index < -0.39 is 24.1 Å². The third-order valence-corrected chi connectivity index (χ3v) is 2.85. The molecule has 0 aliphatic rings. The third-order valence-electron chi connectivity index (χ3n) is 2.17. The lowest BCUT2D eigenvalue weighted by Crippen LogP contribution is -2.15. The van der Waals surface area contributed by atoms with Crippen molar-refractivity contribution in [1.82, 2.24) is 0 Å². The van der Waals surface area contributed by atoms with Crippen LogP contribution in [0.3, 0.4) is 0 Å². The maximum atomic E-state index is 12.8. The smallest absolute Gasteiger partial charge is 0.416 e. The van der Waals surface area contributed by atoms with Crippen LogP contribution in [0.2, 0.25) is 0 Å². The third kappa shape index (κ3) is 3.63. The van der Waals surface area contributed by atoms with Gasteiger partial charge in [-0.3, -0.25) is 4.79 Å². The Balaban J connectivity index is 3.16. The minimum atomic E-state index is -4.54. The zero-order chi connectivity index (χ0) is 13.9. The predicted molar refractivity (Wildman–Crippen MR) is 63.9 cm³/mol. The Hall–Kier alpha value is -1.24. The van der Waals surface area contributed by atoms with Crippen LogP contribution in [-0.4, -0.2) is 12.6 Å². The van der Waals surface area contributed by atoms with Crippen molar-refractivity contribution < 1.29 is 22.7 Å². The summed E-state index contributed by atoms with van der Waals surface area (Å²) in [5, 5.41) is 0. The van der Waals surface area contributed by atoms with E-state index >= 15 is 0 Å². The molecule has 0 amide bonds. The monoisotopic (exact) mass is 325 g/mol. The largest absolute Gasteiger partial charge is 0.466 e. The average Bonchev–Trinajstić information content (AvgIpc) is 2.21. The van der Waals surface area contributed by atoms with E-state index in [4.69, 9.17) is 5.73 Å². The van der Waals surface area contributed by atoms with Gasteiger partial charge in [0.2, 0.25) is 0 Å². The first kappa shape index (κ1) is 14.8. The van der Waals surface area contributed by atoms with Crippen LogP contribution >= 0.6 is 15.9 Å². The van der Waals surface area contributed by atoms with Crippen molar-refractivity contribution in [2.75, 3.05) is 12.3 Å². The number of carbonyl (C=O) groups is 1. The second kappa shape index (κ2) is 5.60. The minimum Gasteiger partial charge on any atom is -0.466 e. The molecule has 7 heteroatoms. The fourth-order valence-corrected chi connectivity index (χ4v) is 1.76. The predicted octanol–water partition coefficient (Wildman–Crippen LogP) is 3.16. The Labute approximate surface area is 110 Å². The molecule has 0 aliphatic heterocycles. The molecule has 0 fully saturated rings. The number of ether oxygens (including phenoxy) is 1. The number of hydrogen-bond acceptors (Lipinski definition) is 3. The molecule has 18 heavy (non-hydrogen) atoms. The van der Waals surface area contributed by atoms with Gasteiger partial charge in [0.25, 0.3) is 0 Å². The van der Waals surface area contributed by atoms with Gasteiger partial charge in [-0.15, -0.1) is 0 Å². The van der Waals surface area contributed by atoms with E-state index in [1.807, 2.05) is 0 Å². The molecule has 1 aromatic carbocycles. The molecule has 100 valence electrons. The number of esters is 1. The van der Waals surface area contributed by atoms with Gasteiger partial charge in [0.05, 0.1) is 18.6 Å². The number of hydrogen-bond donors (Lipinski definition) is 1. The van der Waals surface area contributed by atoms with Crippen molar-refractivity contribution in [3.05, 3.63) is 27.7 Å². The van der Waals surface area contributed by atoms with Crippen molar-refractivity contribution in [2.24, 2.45) is 0 Å². The van der Waals surface area contributed by atoms with Crippen LogP contribution in [0, 0.1) is 0 Å². The van der Waals surface area contributed by atoms with Gasteiger partial charge in [-0.05, 0) is 40.5 Å². The molecule has 1 rings (SSSR count). The Bertz CT molecular complexity index is 460. The summed E-state index contributed by atoms with van der Waals surface area (Å²) in [5.74, 6) is -0.718. The van der Waals surface area contributed by atoms with Gasteiger partial charge in [-0.2, -0.15) is 13.2 Å².